The van der Waals surface area contributed by atoms with E-state index < -0.39 is 0 Å². The van der Waals surface area contributed by atoms with E-state index >= 15 is 0 Å². The second-order valence-corrected chi connectivity index (χ2v) is 5.95. The molecule has 3 heteroatoms. The molecule has 0 aliphatic heterocycles. The maximum Gasteiger partial charge on any atom is 0.217 e. The number of carbonyl (C=O) groups is 1. The number of primary amides is 1. The van der Waals surface area contributed by atoms with Crippen molar-refractivity contribution in [2.45, 2.75) is 71.1 Å². The van der Waals surface area contributed by atoms with Gasteiger partial charge in [-0.1, -0.05) is 68.4 Å². The van der Waals surface area contributed by atoms with Crippen molar-refractivity contribution in [3.05, 3.63) is 48.6 Å². The van der Waals surface area contributed by atoms with Gasteiger partial charge >= 0.3 is 0 Å². The highest BCUT2D eigenvalue weighted by molar-refractivity contribution is 5.73. The molecular weight excluding hydrogens is 308 g/mol. The molecule has 0 saturated heterocycles. The van der Waals surface area contributed by atoms with Gasteiger partial charge in [-0.25, -0.2) is 0 Å². The molecule has 0 unspecified atom stereocenters. The predicted octanol–water partition coefficient (Wildman–Crippen LogP) is 5.45. The fraction of sp³-hybridized carbons (Fsp3) is 0.591. The highest BCUT2D eigenvalue weighted by Gasteiger charge is 1.90. The van der Waals surface area contributed by atoms with Crippen LogP contribution in [0.4, 0.5) is 0 Å². The Morgan fingerprint density at radius 1 is 0.760 bits per heavy atom. The summed E-state index contributed by atoms with van der Waals surface area (Å²) in [6.45, 7) is 2.24. The number of rotatable bonds is 14. The standard InChI is InChI=1S/C20H33NO.C2H7N/c1-2-3-4-5-6-7-8-9-10-11-12-13-14-15-16-17-18-19-20(21)22;1-3-2/h6-7,9-10,12-13,15-16H,2-5,8,11,14,17-19H2,1H3,(H2,21,22);3H,1-2H3/b7-6-,10-9-,13-12-,16-15-;. The van der Waals surface area contributed by atoms with Crippen LogP contribution >= 0.6 is 0 Å². The maximum absolute atomic E-state index is 10.5. The zero-order chi connectivity index (χ0) is 19.0. The first-order valence-corrected chi connectivity index (χ1v) is 9.65. The minimum Gasteiger partial charge on any atom is -0.370 e. The first kappa shape index (κ1) is 25.6. The minimum atomic E-state index is -0.212. The molecule has 25 heavy (non-hydrogen) atoms. The maximum atomic E-state index is 10.5. The summed E-state index contributed by atoms with van der Waals surface area (Å²) in [5.41, 5.74) is 5.07. The Balaban J connectivity index is 0. The summed E-state index contributed by atoms with van der Waals surface area (Å²) in [5, 5.41) is 2.75. The second-order valence-electron chi connectivity index (χ2n) is 5.95. The third-order valence-electron chi connectivity index (χ3n) is 3.25. The van der Waals surface area contributed by atoms with Crippen molar-refractivity contribution >= 4 is 5.91 Å². The first-order chi connectivity index (χ1) is 12.2. The van der Waals surface area contributed by atoms with Gasteiger partial charge in [0.1, 0.15) is 0 Å². The smallest absolute Gasteiger partial charge is 0.217 e. The molecule has 0 radical (unpaired) electrons. The fourth-order valence-corrected chi connectivity index (χ4v) is 1.96. The topological polar surface area (TPSA) is 55.1 Å². The van der Waals surface area contributed by atoms with Crippen molar-refractivity contribution in [1.29, 1.82) is 0 Å². The minimum absolute atomic E-state index is 0.212. The van der Waals surface area contributed by atoms with Gasteiger partial charge in [-0.3, -0.25) is 4.79 Å². The quantitative estimate of drug-likeness (QED) is 0.324. The Bertz CT molecular complexity index is 381. The van der Waals surface area contributed by atoms with E-state index in [-0.39, 0.29) is 5.91 Å². The molecule has 0 rings (SSSR count). The summed E-state index contributed by atoms with van der Waals surface area (Å²) in [7, 11) is 3.75. The van der Waals surface area contributed by atoms with Crippen LogP contribution < -0.4 is 11.1 Å². The highest BCUT2D eigenvalue weighted by atomic mass is 16.1. The molecule has 0 aromatic heterocycles. The number of hydrogen-bond donors (Lipinski definition) is 2. The zero-order valence-electron chi connectivity index (χ0n) is 16.7. The Kier molecular flexibility index (Phi) is 25.3. The average Bonchev–Trinajstić information content (AvgIpc) is 2.58. The molecule has 0 spiro atoms. The summed E-state index contributed by atoms with van der Waals surface area (Å²) < 4.78 is 0. The highest BCUT2D eigenvalue weighted by Crippen LogP contribution is 2.01. The molecular formula is C22H40N2O. The Hall–Kier alpha value is -1.61. The van der Waals surface area contributed by atoms with E-state index in [4.69, 9.17) is 5.73 Å². The normalized spacial score (nSPS) is 11.6. The van der Waals surface area contributed by atoms with E-state index in [2.05, 4.69) is 60.8 Å². The first-order valence-electron chi connectivity index (χ1n) is 9.65. The molecule has 0 heterocycles. The zero-order valence-corrected chi connectivity index (χ0v) is 16.7. The number of allylic oxidation sites excluding steroid dienone is 8. The lowest BCUT2D eigenvalue weighted by Crippen LogP contribution is -2.09. The molecule has 1 amide bonds. The van der Waals surface area contributed by atoms with E-state index in [0.717, 1.165) is 32.1 Å². The number of nitrogens with two attached hydrogens (primary N) is 1. The third-order valence-corrected chi connectivity index (χ3v) is 3.25. The van der Waals surface area contributed by atoms with Gasteiger partial charge in [-0.05, 0) is 59.0 Å². The van der Waals surface area contributed by atoms with E-state index in [1.165, 1.54) is 25.7 Å². The van der Waals surface area contributed by atoms with Gasteiger partial charge in [0.25, 0.3) is 0 Å². The van der Waals surface area contributed by atoms with Crippen LogP contribution in [0.2, 0.25) is 0 Å². The second kappa shape index (κ2) is 24.6. The van der Waals surface area contributed by atoms with Crippen molar-refractivity contribution < 1.29 is 4.79 Å². The number of nitrogens with one attached hydrogen (secondary N) is 1. The summed E-state index contributed by atoms with van der Waals surface area (Å²) in [6.07, 6.45) is 28.0. The van der Waals surface area contributed by atoms with E-state index in [1.54, 1.807) is 0 Å². The van der Waals surface area contributed by atoms with Crippen molar-refractivity contribution in [2.75, 3.05) is 14.1 Å². The third kappa shape index (κ3) is 30.8. The van der Waals surface area contributed by atoms with Gasteiger partial charge in [0.15, 0.2) is 0 Å². The van der Waals surface area contributed by atoms with Gasteiger partial charge < -0.3 is 11.1 Å². The molecule has 0 fully saturated rings. The van der Waals surface area contributed by atoms with Crippen LogP contribution in [0.3, 0.4) is 0 Å². The summed E-state index contributed by atoms with van der Waals surface area (Å²) in [6, 6.07) is 0. The van der Waals surface area contributed by atoms with Crippen molar-refractivity contribution in [3.63, 3.8) is 0 Å². The molecule has 144 valence electrons. The number of unbranched alkanes of at least 4 members (excludes halogenated alkanes) is 4. The molecule has 0 atom stereocenters. The van der Waals surface area contributed by atoms with Crippen LogP contribution in [0.25, 0.3) is 0 Å². The molecule has 0 saturated carbocycles. The van der Waals surface area contributed by atoms with Crippen molar-refractivity contribution in [3.8, 4) is 0 Å². The SMILES string of the molecule is CCCCC/C=C\C/C=C\C/C=C\C/C=C\CCCC(N)=O.CNC. The average molecular weight is 349 g/mol. The van der Waals surface area contributed by atoms with Crippen LogP contribution in [0.1, 0.15) is 71.1 Å². The molecule has 3 N–H and O–H groups in total. The lowest BCUT2D eigenvalue weighted by Gasteiger charge is -1.91. The van der Waals surface area contributed by atoms with E-state index in [9.17, 15) is 4.79 Å². The summed E-state index contributed by atoms with van der Waals surface area (Å²) >= 11 is 0. The monoisotopic (exact) mass is 348 g/mol. The molecule has 0 aromatic rings. The van der Waals surface area contributed by atoms with Gasteiger partial charge in [0, 0.05) is 6.42 Å². The van der Waals surface area contributed by atoms with Gasteiger partial charge in [-0.15, -0.1) is 0 Å². The lowest BCUT2D eigenvalue weighted by molar-refractivity contribution is -0.118. The predicted molar refractivity (Wildman–Crippen MR) is 113 cm³/mol. The van der Waals surface area contributed by atoms with Crippen LogP contribution in [-0.4, -0.2) is 20.0 Å². The van der Waals surface area contributed by atoms with Gasteiger partial charge in [0.2, 0.25) is 5.91 Å². The van der Waals surface area contributed by atoms with Crippen LogP contribution in [0.5, 0.6) is 0 Å². The summed E-state index contributed by atoms with van der Waals surface area (Å²) in [5.74, 6) is -0.212. The Morgan fingerprint density at radius 2 is 1.16 bits per heavy atom. The number of hydrogen-bond acceptors (Lipinski definition) is 2. The van der Waals surface area contributed by atoms with Crippen LogP contribution in [0.15, 0.2) is 48.6 Å². The summed E-state index contributed by atoms with van der Waals surface area (Å²) in [4.78, 5) is 10.5. The Labute approximate surface area is 156 Å². The lowest BCUT2D eigenvalue weighted by atomic mass is 10.2. The molecule has 0 bridgehead atoms. The van der Waals surface area contributed by atoms with E-state index in [1.807, 2.05) is 14.1 Å². The number of amides is 1. The fourth-order valence-electron chi connectivity index (χ4n) is 1.96. The van der Waals surface area contributed by atoms with E-state index in [0.29, 0.717) is 6.42 Å². The van der Waals surface area contributed by atoms with Crippen LogP contribution in [0, 0.1) is 0 Å². The van der Waals surface area contributed by atoms with Crippen LogP contribution in [-0.2, 0) is 4.79 Å². The number of carbonyl (C=O) groups excluding carboxylic acids is 1. The Morgan fingerprint density at radius 3 is 1.56 bits per heavy atom. The molecule has 0 aromatic carbocycles. The van der Waals surface area contributed by atoms with Crippen molar-refractivity contribution in [2.24, 2.45) is 5.73 Å². The molecule has 0 aliphatic rings. The largest absolute Gasteiger partial charge is 0.370 e. The molecule has 3 nitrogen and oxygen atoms in total. The van der Waals surface area contributed by atoms with Gasteiger partial charge in [0.05, 0.1) is 0 Å². The molecule has 0 aliphatic carbocycles. The van der Waals surface area contributed by atoms with Gasteiger partial charge in [-0.2, -0.15) is 0 Å². The van der Waals surface area contributed by atoms with Crippen molar-refractivity contribution in [1.82, 2.24) is 5.32 Å².